The van der Waals surface area contributed by atoms with Crippen molar-refractivity contribution in [3.63, 3.8) is 0 Å². The largest absolute Gasteiger partial charge is 1.00 e. The predicted octanol–water partition coefficient (Wildman–Crippen LogP) is -3.70. The summed E-state index contributed by atoms with van der Waals surface area (Å²) in [5.74, 6) is 0. The van der Waals surface area contributed by atoms with Gasteiger partial charge in [-0.25, -0.2) is 0 Å². The third kappa shape index (κ3) is 8.39. The van der Waals surface area contributed by atoms with Crippen LogP contribution in [0, 0.1) is 0 Å². The quantitative estimate of drug-likeness (QED) is 0.176. The molecule has 9 heavy (non-hydrogen) atoms. The van der Waals surface area contributed by atoms with E-state index in [1.54, 1.807) is 6.92 Å². The zero-order valence-corrected chi connectivity index (χ0v) is 7.88. The maximum atomic E-state index is 9.27. The standard InChI is InChI=1S/C4H9NO3.Na/c1-4(3-7-2)5-8-6;/h6H,3H2,1-2H3;/q;+1/p-1/b5-4-;. The van der Waals surface area contributed by atoms with Gasteiger partial charge in [0.05, 0.1) is 12.3 Å². The molecule has 0 aromatic heterocycles. The number of rotatable bonds is 3. The van der Waals surface area contributed by atoms with Gasteiger partial charge in [0.2, 0.25) is 0 Å². The van der Waals surface area contributed by atoms with Gasteiger partial charge in [-0.3, -0.25) is 0 Å². The van der Waals surface area contributed by atoms with Gasteiger partial charge in [0.25, 0.3) is 0 Å². The van der Waals surface area contributed by atoms with Crippen molar-refractivity contribution in [1.29, 1.82) is 0 Å². The maximum Gasteiger partial charge on any atom is 1.00 e. The van der Waals surface area contributed by atoms with Crippen LogP contribution >= 0.6 is 0 Å². The van der Waals surface area contributed by atoms with Crippen LogP contribution in [0.15, 0.2) is 5.16 Å². The first kappa shape index (κ1) is 12.1. The Morgan fingerprint density at radius 2 is 2.22 bits per heavy atom. The van der Waals surface area contributed by atoms with E-state index in [4.69, 9.17) is 0 Å². The summed E-state index contributed by atoms with van der Waals surface area (Å²) in [6, 6.07) is 0. The van der Waals surface area contributed by atoms with Gasteiger partial charge < -0.3 is 15.0 Å². The minimum atomic E-state index is 0. The number of nitrogens with zero attached hydrogens (tertiary/aromatic N) is 1. The molecule has 0 unspecified atom stereocenters. The van der Waals surface area contributed by atoms with Gasteiger partial charge in [0.1, 0.15) is 0 Å². The summed E-state index contributed by atoms with van der Waals surface area (Å²) in [4.78, 5) is 3.21. The molecule has 0 saturated heterocycles. The summed E-state index contributed by atoms with van der Waals surface area (Å²) < 4.78 is 4.61. The van der Waals surface area contributed by atoms with E-state index in [1.165, 1.54) is 7.11 Å². The smallest absolute Gasteiger partial charge is 0.638 e. The molecule has 0 aromatic carbocycles. The summed E-state index contributed by atoms with van der Waals surface area (Å²) in [5, 5.41) is 12.3. The van der Waals surface area contributed by atoms with Crippen LogP contribution < -0.4 is 34.8 Å². The van der Waals surface area contributed by atoms with Crippen LogP contribution in [0.5, 0.6) is 0 Å². The Balaban J connectivity index is 0. The third-order valence-corrected chi connectivity index (χ3v) is 0.546. The molecule has 0 amide bonds. The van der Waals surface area contributed by atoms with Crippen molar-refractivity contribution < 1.29 is 44.5 Å². The van der Waals surface area contributed by atoms with Crippen LogP contribution in [0.3, 0.4) is 0 Å². The fraction of sp³-hybridized carbons (Fsp3) is 0.750. The molecular formula is C4H8NNaO3. The molecule has 0 radical (unpaired) electrons. The van der Waals surface area contributed by atoms with Crippen LogP contribution in [-0.4, -0.2) is 19.4 Å². The van der Waals surface area contributed by atoms with Crippen LogP contribution in [-0.2, 0) is 9.73 Å². The average molecular weight is 141 g/mol. The van der Waals surface area contributed by atoms with Crippen molar-refractivity contribution in [1.82, 2.24) is 0 Å². The number of ether oxygens (including phenoxy) is 1. The van der Waals surface area contributed by atoms with E-state index >= 15 is 0 Å². The first-order valence-corrected chi connectivity index (χ1v) is 2.12. The summed E-state index contributed by atoms with van der Waals surface area (Å²) in [6.07, 6.45) is 0. The van der Waals surface area contributed by atoms with E-state index in [0.29, 0.717) is 12.3 Å². The summed E-state index contributed by atoms with van der Waals surface area (Å²) in [7, 11) is 1.52. The molecule has 0 bridgehead atoms. The van der Waals surface area contributed by atoms with E-state index in [1.807, 2.05) is 0 Å². The Hall–Kier alpha value is 0.390. The first-order chi connectivity index (χ1) is 3.81. The zero-order chi connectivity index (χ0) is 6.41. The summed E-state index contributed by atoms with van der Waals surface area (Å²) in [5.41, 5.74) is 0.530. The third-order valence-electron chi connectivity index (χ3n) is 0.546. The maximum absolute atomic E-state index is 9.27. The summed E-state index contributed by atoms with van der Waals surface area (Å²) >= 11 is 0. The SMILES string of the molecule is COC/C(C)=N\O[O-].[Na+]. The second kappa shape index (κ2) is 8.39. The summed E-state index contributed by atoms with van der Waals surface area (Å²) in [6.45, 7) is 1.98. The number of hydrogen-bond donors (Lipinski definition) is 0. The molecule has 0 aliphatic rings. The first-order valence-electron chi connectivity index (χ1n) is 2.12. The molecule has 0 aromatic rings. The van der Waals surface area contributed by atoms with E-state index in [2.05, 4.69) is 14.9 Å². The van der Waals surface area contributed by atoms with Crippen LogP contribution in [0.1, 0.15) is 6.92 Å². The van der Waals surface area contributed by atoms with Crippen molar-refractivity contribution >= 4 is 5.71 Å². The van der Waals surface area contributed by atoms with Crippen LogP contribution in [0.25, 0.3) is 0 Å². The number of hydrogen-bond acceptors (Lipinski definition) is 4. The topological polar surface area (TPSA) is 53.9 Å². The van der Waals surface area contributed by atoms with Crippen LogP contribution in [0.2, 0.25) is 0 Å². The van der Waals surface area contributed by atoms with Crippen molar-refractivity contribution in [3.8, 4) is 0 Å². The van der Waals surface area contributed by atoms with Gasteiger partial charge >= 0.3 is 29.6 Å². The van der Waals surface area contributed by atoms with Gasteiger partial charge in [-0.05, 0) is 6.92 Å². The van der Waals surface area contributed by atoms with Crippen molar-refractivity contribution in [3.05, 3.63) is 0 Å². The Labute approximate surface area is 76.0 Å². The molecule has 5 heteroatoms. The molecule has 0 rings (SSSR count). The molecular weight excluding hydrogens is 133 g/mol. The molecule has 0 aliphatic carbocycles. The van der Waals surface area contributed by atoms with E-state index in [9.17, 15) is 5.26 Å². The van der Waals surface area contributed by atoms with Crippen LogP contribution in [0.4, 0.5) is 0 Å². The molecule has 0 atom stereocenters. The van der Waals surface area contributed by atoms with Gasteiger partial charge in [0, 0.05) is 7.11 Å². The van der Waals surface area contributed by atoms with E-state index < -0.39 is 0 Å². The number of methoxy groups -OCH3 is 1. The van der Waals surface area contributed by atoms with Gasteiger partial charge in [-0.2, -0.15) is 0 Å². The van der Waals surface area contributed by atoms with Gasteiger partial charge in [-0.1, -0.05) is 5.16 Å². The number of oxime groups is 1. The van der Waals surface area contributed by atoms with Gasteiger partial charge in [0.15, 0.2) is 0 Å². The van der Waals surface area contributed by atoms with Crippen molar-refractivity contribution in [2.24, 2.45) is 5.16 Å². The Bertz CT molecular complexity index is 85.9. The van der Waals surface area contributed by atoms with Crippen molar-refractivity contribution in [2.75, 3.05) is 13.7 Å². The minimum Gasteiger partial charge on any atom is -0.638 e. The normalized spacial score (nSPS) is 10.3. The minimum absolute atomic E-state index is 0. The molecule has 0 aliphatic heterocycles. The van der Waals surface area contributed by atoms with Gasteiger partial charge in [-0.15, -0.1) is 0 Å². The second-order valence-corrected chi connectivity index (χ2v) is 1.33. The molecule has 4 nitrogen and oxygen atoms in total. The Morgan fingerprint density at radius 3 is 2.56 bits per heavy atom. The molecule has 0 N–H and O–H groups in total. The molecule has 0 fully saturated rings. The average Bonchev–Trinajstić information content (AvgIpc) is 1.68. The molecule has 48 valence electrons. The van der Waals surface area contributed by atoms with Crippen molar-refractivity contribution in [2.45, 2.75) is 6.92 Å². The van der Waals surface area contributed by atoms with E-state index in [-0.39, 0.29) is 29.6 Å². The second-order valence-electron chi connectivity index (χ2n) is 1.33. The Kier molecular flexibility index (Phi) is 11.3. The Morgan fingerprint density at radius 1 is 1.67 bits per heavy atom. The monoisotopic (exact) mass is 141 g/mol. The fourth-order valence-electron chi connectivity index (χ4n) is 0.299. The molecule has 0 heterocycles. The zero-order valence-electron chi connectivity index (χ0n) is 5.88. The predicted molar refractivity (Wildman–Crippen MR) is 26.1 cm³/mol. The molecule has 0 saturated carbocycles. The fourth-order valence-corrected chi connectivity index (χ4v) is 0.299. The molecule has 0 spiro atoms. The van der Waals surface area contributed by atoms with E-state index in [0.717, 1.165) is 0 Å².